The Morgan fingerprint density at radius 3 is 3.05 bits per heavy atom. The molecule has 2 N–H and O–H groups in total. The van der Waals surface area contributed by atoms with Crippen LogP contribution in [0.3, 0.4) is 0 Å². The summed E-state index contributed by atoms with van der Waals surface area (Å²) in [5.74, 6) is 0.655. The van der Waals surface area contributed by atoms with Crippen molar-refractivity contribution in [3.63, 3.8) is 0 Å². The number of H-pyrrole nitrogens is 2. The number of hydrogen-bond donors (Lipinski definition) is 2. The van der Waals surface area contributed by atoms with Gasteiger partial charge >= 0.3 is 0 Å². The number of nitrogens with one attached hydrogen (secondary N) is 2. The zero-order valence-corrected chi connectivity index (χ0v) is 11.8. The molecule has 1 amide bonds. The van der Waals surface area contributed by atoms with Crippen LogP contribution in [0, 0.1) is 10.7 Å². The Hall–Kier alpha value is -1.50. The minimum absolute atomic E-state index is 0.0928. The summed E-state index contributed by atoms with van der Waals surface area (Å²) in [4.78, 5) is 27.9. The maximum absolute atomic E-state index is 12.1. The molecule has 0 spiro atoms. The van der Waals surface area contributed by atoms with Gasteiger partial charge in [0.25, 0.3) is 5.56 Å². The molecule has 1 aliphatic heterocycles. The highest BCUT2D eigenvalue weighted by molar-refractivity contribution is 7.71. The number of carbonyl (C=O) groups excluding carboxylic acids is 1. The summed E-state index contributed by atoms with van der Waals surface area (Å²) >= 11 is 4.76. The quantitative estimate of drug-likeness (QED) is 0.811. The lowest BCUT2D eigenvalue weighted by atomic mass is 10.00. The standard InChI is InChI=1S/C12H18N4O2S/c1-8-3-2-6-16(7-8)10(17)5-4-9-11(18)13-12(19)15-14-9/h8H,2-7H2,1H3,(H2,13,15,18,19)/t8-/m1/s1. The summed E-state index contributed by atoms with van der Waals surface area (Å²) < 4.78 is 0.199. The Balaban J connectivity index is 1.93. The zero-order valence-electron chi connectivity index (χ0n) is 10.9. The number of rotatable bonds is 3. The van der Waals surface area contributed by atoms with E-state index >= 15 is 0 Å². The van der Waals surface area contributed by atoms with E-state index in [1.54, 1.807) is 0 Å². The number of amides is 1. The molecule has 1 saturated heterocycles. The van der Waals surface area contributed by atoms with Gasteiger partial charge in [0.05, 0.1) is 0 Å². The summed E-state index contributed by atoms with van der Waals surface area (Å²) in [6.45, 7) is 3.80. The lowest BCUT2D eigenvalue weighted by Crippen LogP contribution is -2.39. The van der Waals surface area contributed by atoms with Crippen molar-refractivity contribution in [2.24, 2.45) is 5.92 Å². The van der Waals surface area contributed by atoms with Gasteiger partial charge in [-0.05, 0) is 31.0 Å². The van der Waals surface area contributed by atoms with Crippen LogP contribution in [0.5, 0.6) is 0 Å². The van der Waals surface area contributed by atoms with Crippen LogP contribution in [0.4, 0.5) is 0 Å². The highest BCUT2D eigenvalue weighted by Crippen LogP contribution is 2.16. The number of aromatic amines is 2. The third kappa shape index (κ3) is 3.73. The molecule has 19 heavy (non-hydrogen) atoms. The van der Waals surface area contributed by atoms with E-state index in [-0.39, 0.29) is 16.2 Å². The highest BCUT2D eigenvalue weighted by Gasteiger charge is 2.20. The number of hydrogen-bond acceptors (Lipinski definition) is 4. The molecule has 0 aromatic carbocycles. The smallest absolute Gasteiger partial charge is 0.273 e. The minimum atomic E-state index is -0.316. The summed E-state index contributed by atoms with van der Waals surface area (Å²) in [7, 11) is 0. The molecule has 0 aliphatic carbocycles. The van der Waals surface area contributed by atoms with E-state index in [2.05, 4.69) is 22.1 Å². The molecule has 0 unspecified atom stereocenters. The first-order valence-corrected chi connectivity index (χ1v) is 6.92. The molecule has 1 atom stereocenters. The number of likely N-dealkylation sites (tertiary alicyclic amines) is 1. The molecule has 2 rings (SSSR count). The number of piperidine rings is 1. The van der Waals surface area contributed by atoms with Crippen molar-refractivity contribution < 1.29 is 4.79 Å². The fourth-order valence-electron chi connectivity index (χ4n) is 2.34. The van der Waals surface area contributed by atoms with Crippen LogP contribution in [0.25, 0.3) is 0 Å². The first-order valence-electron chi connectivity index (χ1n) is 6.52. The molecular formula is C12H18N4O2S. The van der Waals surface area contributed by atoms with Crippen molar-refractivity contribution in [2.75, 3.05) is 13.1 Å². The van der Waals surface area contributed by atoms with E-state index in [1.165, 1.54) is 6.42 Å². The third-order valence-corrected chi connectivity index (χ3v) is 3.56. The maximum atomic E-state index is 12.1. The van der Waals surface area contributed by atoms with Crippen molar-refractivity contribution in [1.29, 1.82) is 0 Å². The predicted octanol–water partition coefficient (Wildman–Crippen LogP) is 1.02. The molecule has 0 saturated carbocycles. The average Bonchev–Trinajstić information content (AvgIpc) is 2.37. The first kappa shape index (κ1) is 13.9. The number of aryl methyl sites for hydroxylation is 1. The molecule has 104 valence electrons. The lowest BCUT2D eigenvalue weighted by Gasteiger charge is -2.30. The normalized spacial score (nSPS) is 19.4. The van der Waals surface area contributed by atoms with Gasteiger partial charge in [0.1, 0.15) is 5.69 Å². The van der Waals surface area contributed by atoms with Crippen LogP contribution in [-0.2, 0) is 11.2 Å². The van der Waals surface area contributed by atoms with Crippen molar-refractivity contribution in [3.05, 3.63) is 20.8 Å². The maximum Gasteiger partial charge on any atom is 0.273 e. The number of carbonyl (C=O) groups is 1. The van der Waals surface area contributed by atoms with E-state index in [0.717, 1.165) is 19.5 Å². The molecule has 1 aromatic heterocycles. The molecule has 0 radical (unpaired) electrons. The van der Waals surface area contributed by atoms with Crippen LogP contribution in [0.2, 0.25) is 0 Å². The molecule has 6 nitrogen and oxygen atoms in total. The van der Waals surface area contributed by atoms with Crippen LogP contribution >= 0.6 is 12.2 Å². The van der Waals surface area contributed by atoms with Gasteiger partial charge in [-0.25, -0.2) is 0 Å². The minimum Gasteiger partial charge on any atom is -0.342 e. The van der Waals surface area contributed by atoms with Gasteiger partial charge < -0.3 is 4.90 Å². The monoisotopic (exact) mass is 282 g/mol. The van der Waals surface area contributed by atoms with Gasteiger partial charge in [0.15, 0.2) is 4.77 Å². The lowest BCUT2D eigenvalue weighted by molar-refractivity contribution is -0.132. The van der Waals surface area contributed by atoms with Crippen LogP contribution < -0.4 is 5.56 Å². The van der Waals surface area contributed by atoms with E-state index < -0.39 is 0 Å². The Labute approximate surface area is 116 Å². The number of aromatic nitrogens is 3. The Bertz CT molecular complexity index is 565. The Kier molecular flexibility index (Phi) is 4.47. The van der Waals surface area contributed by atoms with Crippen molar-refractivity contribution in [3.8, 4) is 0 Å². The molecular weight excluding hydrogens is 264 g/mol. The van der Waals surface area contributed by atoms with Gasteiger partial charge in [0.2, 0.25) is 5.91 Å². The summed E-state index contributed by atoms with van der Waals surface area (Å²) in [5, 5.41) is 6.40. The fourth-order valence-corrected chi connectivity index (χ4v) is 2.48. The zero-order chi connectivity index (χ0) is 13.8. The van der Waals surface area contributed by atoms with Crippen molar-refractivity contribution >= 4 is 18.1 Å². The molecule has 1 aromatic rings. The Morgan fingerprint density at radius 2 is 2.37 bits per heavy atom. The molecule has 0 bridgehead atoms. The summed E-state index contributed by atoms with van der Waals surface area (Å²) in [6, 6.07) is 0. The first-order chi connectivity index (χ1) is 9.06. The highest BCUT2D eigenvalue weighted by atomic mass is 32.1. The second-order valence-electron chi connectivity index (χ2n) is 5.04. The SMILES string of the molecule is C[C@@H]1CCCN(C(=O)CCc2n[nH]c(=S)[nH]c2=O)C1. The molecule has 7 heteroatoms. The van der Waals surface area contributed by atoms with Crippen molar-refractivity contribution in [1.82, 2.24) is 20.1 Å². The molecule has 1 fully saturated rings. The molecule has 2 heterocycles. The van der Waals surface area contributed by atoms with E-state index in [9.17, 15) is 9.59 Å². The second kappa shape index (κ2) is 6.10. The van der Waals surface area contributed by atoms with Gasteiger partial charge in [-0.2, -0.15) is 5.10 Å². The average molecular weight is 282 g/mol. The van der Waals surface area contributed by atoms with E-state index in [4.69, 9.17) is 12.2 Å². The number of nitrogens with zero attached hydrogens (tertiary/aromatic N) is 2. The van der Waals surface area contributed by atoms with Crippen LogP contribution in [0.15, 0.2) is 4.79 Å². The van der Waals surface area contributed by atoms with Gasteiger partial charge in [0, 0.05) is 25.9 Å². The molecule has 1 aliphatic rings. The largest absolute Gasteiger partial charge is 0.342 e. The van der Waals surface area contributed by atoms with E-state index in [0.29, 0.717) is 24.5 Å². The summed E-state index contributed by atoms with van der Waals surface area (Å²) in [6.07, 6.45) is 2.89. The van der Waals surface area contributed by atoms with Crippen molar-refractivity contribution in [2.45, 2.75) is 32.6 Å². The van der Waals surface area contributed by atoms with Crippen LogP contribution in [-0.4, -0.2) is 39.1 Å². The topological polar surface area (TPSA) is 81.8 Å². The van der Waals surface area contributed by atoms with Gasteiger partial charge in [-0.1, -0.05) is 6.92 Å². The Morgan fingerprint density at radius 1 is 1.58 bits per heavy atom. The fraction of sp³-hybridized carbons (Fsp3) is 0.667. The predicted molar refractivity (Wildman–Crippen MR) is 73.3 cm³/mol. The van der Waals surface area contributed by atoms with Gasteiger partial charge in [-0.15, -0.1) is 0 Å². The van der Waals surface area contributed by atoms with Gasteiger partial charge in [-0.3, -0.25) is 19.7 Å². The van der Waals surface area contributed by atoms with E-state index in [1.807, 2.05) is 4.90 Å². The second-order valence-corrected chi connectivity index (χ2v) is 5.45. The summed E-state index contributed by atoms with van der Waals surface area (Å²) in [5.41, 5.74) is 0.00979. The van der Waals surface area contributed by atoms with Crippen LogP contribution in [0.1, 0.15) is 31.9 Å². The third-order valence-electron chi connectivity index (χ3n) is 3.37.